The lowest BCUT2D eigenvalue weighted by Crippen LogP contribution is -2.11. The van der Waals surface area contributed by atoms with Crippen molar-refractivity contribution >= 4 is 28.1 Å². The van der Waals surface area contributed by atoms with E-state index in [1.54, 1.807) is 31.0 Å². The molecule has 0 fully saturated rings. The Hall–Kier alpha value is -4.01. The second kappa shape index (κ2) is 7.67. The number of nitrogens with one attached hydrogen (secondary N) is 1. The van der Waals surface area contributed by atoms with Crippen molar-refractivity contribution in [1.82, 2.24) is 34.1 Å². The van der Waals surface area contributed by atoms with Gasteiger partial charge in [-0.15, -0.1) is 0 Å². The molecular formula is C22H22N8O. The fourth-order valence-electron chi connectivity index (χ4n) is 3.51. The SMILES string of the molecule is CC(C)n1cnc2c(NCCc3ccc(O)cc3)nc(-n3cnc4ncccc43)nc21. The Morgan fingerprint density at radius 1 is 1.00 bits per heavy atom. The standard InChI is InChI=1S/C22H22N8O/c1-14(2)29-12-25-18-20(24-11-9-15-5-7-16(31)8-6-15)27-22(28-21(18)29)30-13-26-19-17(30)4-3-10-23-19/h3-8,10,12-14,31H,9,11H2,1-2H3,(H,24,27,28). The van der Waals surface area contributed by atoms with Crippen molar-refractivity contribution in [3.8, 4) is 11.7 Å². The van der Waals surface area contributed by atoms with Crippen molar-refractivity contribution in [3.63, 3.8) is 0 Å². The average molecular weight is 414 g/mol. The molecule has 9 nitrogen and oxygen atoms in total. The van der Waals surface area contributed by atoms with Gasteiger partial charge < -0.3 is 15.0 Å². The number of hydrogen-bond acceptors (Lipinski definition) is 7. The average Bonchev–Trinajstić information content (AvgIpc) is 3.39. The number of aromatic nitrogens is 7. The second-order valence-electron chi connectivity index (χ2n) is 7.59. The minimum Gasteiger partial charge on any atom is -0.508 e. The van der Waals surface area contributed by atoms with E-state index in [0.717, 1.165) is 28.7 Å². The molecule has 4 heterocycles. The molecule has 0 amide bonds. The first kappa shape index (κ1) is 19.0. The Labute approximate surface area is 178 Å². The maximum Gasteiger partial charge on any atom is 0.239 e. The molecule has 0 unspecified atom stereocenters. The van der Waals surface area contributed by atoms with E-state index in [2.05, 4.69) is 34.1 Å². The third-order valence-corrected chi connectivity index (χ3v) is 5.14. The zero-order valence-corrected chi connectivity index (χ0v) is 17.3. The predicted molar refractivity (Wildman–Crippen MR) is 118 cm³/mol. The van der Waals surface area contributed by atoms with Crippen LogP contribution in [0.3, 0.4) is 0 Å². The number of phenols is 1. The number of phenolic OH excluding ortho intramolecular Hbond substituents is 1. The van der Waals surface area contributed by atoms with Gasteiger partial charge in [-0.1, -0.05) is 12.1 Å². The molecule has 5 aromatic rings. The Morgan fingerprint density at radius 3 is 2.65 bits per heavy atom. The molecule has 2 N–H and O–H groups in total. The number of nitrogens with zero attached hydrogens (tertiary/aromatic N) is 7. The summed E-state index contributed by atoms with van der Waals surface area (Å²) in [6.45, 7) is 4.85. The molecule has 156 valence electrons. The van der Waals surface area contributed by atoms with E-state index < -0.39 is 0 Å². The van der Waals surface area contributed by atoms with Crippen molar-refractivity contribution in [1.29, 1.82) is 0 Å². The van der Waals surface area contributed by atoms with E-state index in [1.165, 1.54) is 0 Å². The summed E-state index contributed by atoms with van der Waals surface area (Å²) >= 11 is 0. The molecule has 9 heteroatoms. The van der Waals surface area contributed by atoms with E-state index in [1.807, 2.05) is 33.4 Å². The van der Waals surface area contributed by atoms with Crippen LogP contribution in [0.25, 0.3) is 28.3 Å². The smallest absolute Gasteiger partial charge is 0.239 e. The molecule has 0 aliphatic heterocycles. The molecule has 0 spiro atoms. The summed E-state index contributed by atoms with van der Waals surface area (Å²) in [6.07, 6.45) is 5.99. The first-order valence-electron chi connectivity index (χ1n) is 10.1. The van der Waals surface area contributed by atoms with Crippen molar-refractivity contribution in [2.75, 3.05) is 11.9 Å². The molecule has 4 aromatic heterocycles. The zero-order valence-electron chi connectivity index (χ0n) is 17.3. The summed E-state index contributed by atoms with van der Waals surface area (Å²) in [5.41, 5.74) is 4.09. The predicted octanol–water partition coefficient (Wildman–Crippen LogP) is 3.50. The number of rotatable bonds is 6. The molecule has 0 aliphatic rings. The van der Waals surface area contributed by atoms with Crippen molar-refractivity contribution in [3.05, 3.63) is 60.8 Å². The van der Waals surface area contributed by atoms with Crippen molar-refractivity contribution in [2.45, 2.75) is 26.3 Å². The fraction of sp³-hybridized carbons (Fsp3) is 0.227. The lowest BCUT2D eigenvalue weighted by Gasteiger charge is -2.12. The van der Waals surface area contributed by atoms with Gasteiger partial charge in [0, 0.05) is 18.8 Å². The van der Waals surface area contributed by atoms with Crippen LogP contribution in [0.1, 0.15) is 25.5 Å². The lowest BCUT2D eigenvalue weighted by molar-refractivity contribution is 0.475. The number of anilines is 1. The van der Waals surface area contributed by atoms with Crippen LogP contribution >= 0.6 is 0 Å². The first-order chi connectivity index (χ1) is 15.1. The van der Waals surface area contributed by atoms with E-state index >= 15 is 0 Å². The molecule has 0 radical (unpaired) electrons. The molecule has 0 aliphatic carbocycles. The summed E-state index contributed by atoms with van der Waals surface area (Å²) < 4.78 is 3.87. The van der Waals surface area contributed by atoms with Crippen LogP contribution < -0.4 is 5.32 Å². The third-order valence-electron chi connectivity index (χ3n) is 5.14. The first-order valence-corrected chi connectivity index (χ1v) is 10.1. The largest absolute Gasteiger partial charge is 0.508 e. The number of hydrogen-bond donors (Lipinski definition) is 2. The Kier molecular flexibility index (Phi) is 4.70. The van der Waals surface area contributed by atoms with Crippen LogP contribution in [-0.4, -0.2) is 45.7 Å². The van der Waals surface area contributed by atoms with Gasteiger partial charge in [0.1, 0.15) is 12.1 Å². The maximum atomic E-state index is 9.47. The van der Waals surface area contributed by atoms with Crippen LogP contribution in [0.2, 0.25) is 0 Å². The molecule has 0 atom stereocenters. The van der Waals surface area contributed by atoms with Crippen molar-refractivity contribution < 1.29 is 5.11 Å². The van der Waals surface area contributed by atoms with Crippen LogP contribution in [0.15, 0.2) is 55.2 Å². The van der Waals surface area contributed by atoms with Crippen LogP contribution in [0.4, 0.5) is 5.82 Å². The van der Waals surface area contributed by atoms with Gasteiger partial charge in [0.05, 0.1) is 11.8 Å². The van der Waals surface area contributed by atoms with Crippen LogP contribution in [-0.2, 0) is 6.42 Å². The fourth-order valence-corrected chi connectivity index (χ4v) is 3.51. The monoisotopic (exact) mass is 414 g/mol. The topological polar surface area (TPSA) is 107 Å². The number of aromatic hydroxyl groups is 1. The third kappa shape index (κ3) is 3.54. The number of imidazole rings is 2. The van der Waals surface area contributed by atoms with Gasteiger partial charge in [-0.3, -0.25) is 4.57 Å². The normalized spacial score (nSPS) is 11.6. The van der Waals surface area contributed by atoms with Crippen molar-refractivity contribution in [2.24, 2.45) is 0 Å². The molecule has 5 rings (SSSR count). The summed E-state index contributed by atoms with van der Waals surface area (Å²) in [7, 11) is 0. The number of fused-ring (bicyclic) bond motifs is 2. The minimum absolute atomic E-state index is 0.207. The minimum atomic E-state index is 0.207. The number of benzene rings is 1. The molecule has 1 aromatic carbocycles. The van der Waals surface area contributed by atoms with Gasteiger partial charge in [0.25, 0.3) is 0 Å². The van der Waals surface area contributed by atoms with Gasteiger partial charge in [0.15, 0.2) is 22.6 Å². The van der Waals surface area contributed by atoms with Gasteiger partial charge in [0.2, 0.25) is 5.95 Å². The Bertz CT molecular complexity index is 1350. The summed E-state index contributed by atoms with van der Waals surface area (Å²) in [4.78, 5) is 22.8. The highest BCUT2D eigenvalue weighted by Gasteiger charge is 2.17. The van der Waals surface area contributed by atoms with Crippen LogP contribution in [0, 0.1) is 0 Å². The van der Waals surface area contributed by atoms with Gasteiger partial charge in [-0.05, 0) is 50.1 Å². The molecule has 31 heavy (non-hydrogen) atoms. The van der Waals surface area contributed by atoms with E-state index in [0.29, 0.717) is 24.0 Å². The van der Waals surface area contributed by atoms with E-state index in [-0.39, 0.29) is 11.8 Å². The molecule has 0 saturated carbocycles. The quantitative estimate of drug-likeness (QED) is 0.438. The van der Waals surface area contributed by atoms with E-state index in [4.69, 9.17) is 9.97 Å². The highest BCUT2D eigenvalue weighted by molar-refractivity contribution is 5.84. The molecule has 0 bridgehead atoms. The molecule has 0 saturated heterocycles. The Balaban J connectivity index is 1.54. The summed E-state index contributed by atoms with van der Waals surface area (Å²) in [5.74, 6) is 1.45. The van der Waals surface area contributed by atoms with E-state index in [9.17, 15) is 5.11 Å². The maximum absolute atomic E-state index is 9.47. The highest BCUT2D eigenvalue weighted by Crippen LogP contribution is 2.24. The number of pyridine rings is 1. The highest BCUT2D eigenvalue weighted by atomic mass is 16.3. The Morgan fingerprint density at radius 2 is 1.84 bits per heavy atom. The van der Waals surface area contributed by atoms with Gasteiger partial charge in [-0.2, -0.15) is 9.97 Å². The summed E-state index contributed by atoms with van der Waals surface area (Å²) in [5, 5.41) is 12.9. The molecular weight excluding hydrogens is 392 g/mol. The van der Waals surface area contributed by atoms with Gasteiger partial charge >= 0.3 is 0 Å². The second-order valence-corrected chi connectivity index (χ2v) is 7.59. The summed E-state index contributed by atoms with van der Waals surface area (Å²) in [6, 6.07) is 11.2. The lowest BCUT2D eigenvalue weighted by atomic mass is 10.1. The van der Waals surface area contributed by atoms with Crippen LogP contribution in [0.5, 0.6) is 5.75 Å². The zero-order chi connectivity index (χ0) is 21.4. The van der Waals surface area contributed by atoms with Gasteiger partial charge in [-0.25, -0.2) is 15.0 Å².